The fourth-order valence-electron chi connectivity index (χ4n) is 5.18. The number of hydrogen-bond acceptors (Lipinski definition) is 9. The number of aromatic nitrogens is 3. The molecule has 46 heavy (non-hydrogen) atoms. The highest BCUT2D eigenvalue weighted by Gasteiger charge is 2.22. The number of hydrogen-bond donors (Lipinski definition) is 1. The quantitative estimate of drug-likeness (QED) is 0.117. The van der Waals surface area contributed by atoms with Crippen LogP contribution in [0.1, 0.15) is 18.1 Å². The minimum atomic E-state index is -0.583. The van der Waals surface area contributed by atoms with E-state index in [0.29, 0.717) is 52.1 Å². The number of benzene rings is 3. The minimum absolute atomic E-state index is 0.139. The first-order chi connectivity index (χ1) is 22.3. The van der Waals surface area contributed by atoms with Crippen molar-refractivity contribution in [3.05, 3.63) is 107 Å². The Morgan fingerprint density at radius 2 is 1.78 bits per heavy atom. The number of aryl methyl sites for hydroxylation is 1. The van der Waals surface area contributed by atoms with Gasteiger partial charge in [-0.2, -0.15) is 0 Å². The number of thioether (sulfide) groups is 1. The second-order valence-electron chi connectivity index (χ2n) is 10.6. The maximum absolute atomic E-state index is 14.5. The van der Waals surface area contributed by atoms with Gasteiger partial charge >= 0.3 is 6.09 Å². The first kappa shape index (κ1) is 32.5. The van der Waals surface area contributed by atoms with Gasteiger partial charge < -0.3 is 19.3 Å². The van der Waals surface area contributed by atoms with Crippen molar-refractivity contribution in [3.8, 4) is 5.69 Å². The van der Waals surface area contributed by atoms with Gasteiger partial charge in [-0.1, -0.05) is 54.2 Å². The van der Waals surface area contributed by atoms with Crippen LogP contribution in [0.15, 0.2) is 95.0 Å². The maximum atomic E-state index is 14.5. The van der Waals surface area contributed by atoms with Crippen LogP contribution >= 0.6 is 11.8 Å². The number of pyridine rings is 1. The summed E-state index contributed by atoms with van der Waals surface area (Å²) in [7, 11) is 3.68. The van der Waals surface area contributed by atoms with Crippen LogP contribution in [0.3, 0.4) is 0 Å². The highest BCUT2D eigenvalue weighted by atomic mass is 32.2. The van der Waals surface area contributed by atoms with Crippen molar-refractivity contribution >= 4 is 51.6 Å². The number of ether oxygens (including phenoxy) is 2. The molecular formula is C35H38N6O4S. The summed E-state index contributed by atoms with van der Waals surface area (Å²) in [6.45, 7) is 5.80. The average molecular weight is 639 g/mol. The van der Waals surface area contributed by atoms with Crippen molar-refractivity contribution in [1.29, 1.82) is 0 Å². The summed E-state index contributed by atoms with van der Waals surface area (Å²) < 4.78 is 12.4. The lowest BCUT2D eigenvalue weighted by molar-refractivity contribution is 0.155. The molecule has 0 radical (unpaired) electrons. The third-order valence-corrected chi connectivity index (χ3v) is 8.21. The largest absolute Gasteiger partial charge is 0.444 e. The van der Waals surface area contributed by atoms with Crippen LogP contribution in [0.2, 0.25) is 0 Å². The second kappa shape index (κ2) is 14.9. The van der Waals surface area contributed by atoms with E-state index in [4.69, 9.17) is 14.5 Å². The number of likely N-dealkylation sites (N-methyl/N-ethyl adjacent to an activating group) is 1. The van der Waals surface area contributed by atoms with E-state index in [2.05, 4.69) is 15.2 Å². The fourth-order valence-corrected chi connectivity index (χ4v) is 5.52. The van der Waals surface area contributed by atoms with Gasteiger partial charge in [-0.05, 0) is 67.6 Å². The monoisotopic (exact) mass is 638 g/mol. The number of methoxy groups -OCH3 is 1. The molecule has 0 spiro atoms. The molecule has 0 unspecified atom stereocenters. The lowest BCUT2D eigenvalue weighted by Crippen LogP contribution is -2.30. The number of para-hydroxylation sites is 1. The van der Waals surface area contributed by atoms with Crippen LogP contribution < -0.4 is 20.7 Å². The molecule has 0 aliphatic rings. The van der Waals surface area contributed by atoms with Crippen LogP contribution in [-0.2, 0) is 16.1 Å². The molecule has 3 aromatic carbocycles. The molecule has 0 saturated heterocycles. The van der Waals surface area contributed by atoms with Crippen LogP contribution in [0.5, 0.6) is 0 Å². The van der Waals surface area contributed by atoms with E-state index in [1.54, 1.807) is 17.9 Å². The number of nitrogens with one attached hydrogen (secondary N) is 1. The molecule has 0 bridgehead atoms. The van der Waals surface area contributed by atoms with E-state index in [-0.39, 0.29) is 12.2 Å². The number of amides is 1. The molecular weight excluding hydrogens is 600 g/mol. The molecule has 0 fully saturated rings. The van der Waals surface area contributed by atoms with Crippen molar-refractivity contribution < 1.29 is 14.3 Å². The molecule has 238 valence electrons. The molecule has 11 heteroatoms. The van der Waals surface area contributed by atoms with Crippen LogP contribution in [0, 0.1) is 6.92 Å². The molecule has 0 atom stereocenters. The number of nitrogens with zero attached hydrogens (tertiary/aromatic N) is 5. The van der Waals surface area contributed by atoms with Crippen molar-refractivity contribution in [1.82, 2.24) is 14.5 Å². The Hall–Kier alpha value is -4.87. The first-order valence-corrected chi connectivity index (χ1v) is 16.2. The van der Waals surface area contributed by atoms with Crippen LogP contribution in [-0.4, -0.2) is 60.7 Å². The Balaban J connectivity index is 1.57. The molecule has 0 aliphatic heterocycles. The van der Waals surface area contributed by atoms with Gasteiger partial charge in [0.25, 0.3) is 5.56 Å². The summed E-state index contributed by atoms with van der Waals surface area (Å²) in [5.41, 5.74) is 5.29. The molecule has 0 aliphatic carbocycles. The summed E-state index contributed by atoms with van der Waals surface area (Å²) in [5.74, 6) is 0. The second-order valence-corrected chi connectivity index (χ2v) is 11.4. The molecule has 10 nitrogen and oxygen atoms in total. The van der Waals surface area contributed by atoms with Gasteiger partial charge in [0.1, 0.15) is 12.3 Å². The predicted octanol–water partition coefficient (Wildman–Crippen LogP) is 6.80. The molecule has 2 heterocycles. The summed E-state index contributed by atoms with van der Waals surface area (Å²) in [6, 6.07) is 24.8. The Morgan fingerprint density at radius 3 is 2.48 bits per heavy atom. The summed E-state index contributed by atoms with van der Waals surface area (Å²) in [5, 5.41) is 4.20. The van der Waals surface area contributed by atoms with Crippen molar-refractivity contribution in [2.75, 3.05) is 55.2 Å². The Kier molecular flexibility index (Phi) is 10.6. The van der Waals surface area contributed by atoms with E-state index < -0.39 is 6.09 Å². The predicted molar refractivity (Wildman–Crippen MR) is 186 cm³/mol. The van der Waals surface area contributed by atoms with Crippen LogP contribution in [0.4, 0.5) is 27.5 Å². The van der Waals surface area contributed by atoms with Gasteiger partial charge in [-0.3, -0.25) is 14.7 Å². The number of carbonyl (C=O) groups excluding carboxylic acids is 1. The van der Waals surface area contributed by atoms with E-state index in [1.165, 1.54) is 11.8 Å². The lowest BCUT2D eigenvalue weighted by Gasteiger charge is -2.27. The lowest BCUT2D eigenvalue weighted by atomic mass is 10.1. The summed E-state index contributed by atoms with van der Waals surface area (Å²) in [4.78, 5) is 40.7. The fraction of sp³-hybridized carbons (Fsp3) is 0.257. The highest BCUT2D eigenvalue weighted by molar-refractivity contribution is 7.98. The number of fused-ring (bicyclic) bond motifs is 1. The third-order valence-electron chi connectivity index (χ3n) is 7.65. The van der Waals surface area contributed by atoms with Gasteiger partial charge in [-0.25, -0.2) is 14.8 Å². The first-order valence-electron chi connectivity index (χ1n) is 15.0. The maximum Gasteiger partial charge on any atom is 0.412 e. The molecule has 1 N–H and O–H groups in total. The topological polar surface area (TPSA) is 102 Å². The number of carbonyl (C=O) groups is 1. The summed E-state index contributed by atoms with van der Waals surface area (Å²) in [6.07, 6.45) is 3.06. The van der Waals surface area contributed by atoms with E-state index in [9.17, 15) is 9.59 Å². The zero-order valence-corrected chi connectivity index (χ0v) is 27.5. The molecule has 5 aromatic rings. The van der Waals surface area contributed by atoms with Gasteiger partial charge in [0.2, 0.25) is 0 Å². The minimum Gasteiger partial charge on any atom is -0.444 e. The molecule has 5 rings (SSSR count). The van der Waals surface area contributed by atoms with E-state index >= 15 is 0 Å². The van der Waals surface area contributed by atoms with Crippen molar-refractivity contribution in [2.45, 2.75) is 25.6 Å². The molecule has 0 saturated carbocycles. The number of anilines is 4. The Bertz CT molecular complexity index is 1860. The zero-order chi connectivity index (χ0) is 32.6. The normalized spacial score (nSPS) is 11.0. The third kappa shape index (κ3) is 7.16. The van der Waals surface area contributed by atoms with Crippen molar-refractivity contribution in [3.63, 3.8) is 0 Å². The van der Waals surface area contributed by atoms with Crippen LogP contribution in [0.25, 0.3) is 16.7 Å². The Labute approximate surface area is 273 Å². The SMILES string of the molecule is CCN(c1cccc(C)c1NC(=O)OCc1ccccc1)c1cc2cnc(SC)nc2n(-c2ccc(N(C)CCOC)cc2)c1=O. The standard InChI is InChI=1S/C35H38N6O4S/c1-6-40(29-14-10-11-24(2)31(29)37-35(43)45-23-25-12-8-7-9-13-25)30-21-26-22-36-34(46-5)38-32(26)41(33(30)42)28-17-15-27(16-18-28)39(3)19-20-44-4/h7-18,21-22H,6,19-20,23H2,1-5H3,(H,37,43). The highest BCUT2D eigenvalue weighted by Crippen LogP contribution is 2.35. The van der Waals surface area contributed by atoms with E-state index in [1.807, 2.05) is 111 Å². The van der Waals surface area contributed by atoms with Gasteiger partial charge in [0, 0.05) is 44.5 Å². The smallest absolute Gasteiger partial charge is 0.412 e. The Morgan fingerprint density at radius 1 is 1.02 bits per heavy atom. The zero-order valence-electron chi connectivity index (χ0n) is 26.7. The average Bonchev–Trinajstić information content (AvgIpc) is 3.08. The van der Waals surface area contributed by atoms with Gasteiger partial charge in [0.05, 0.1) is 23.7 Å². The van der Waals surface area contributed by atoms with E-state index in [0.717, 1.165) is 23.4 Å². The van der Waals surface area contributed by atoms with Gasteiger partial charge in [0.15, 0.2) is 10.8 Å². The van der Waals surface area contributed by atoms with Gasteiger partial charge in [-0.15, -0.1) is 0 Å². The molecule has 1 amide bonds. The summed E-state index contributed by atoms with van der Waals surface area (Å²) >= 11 is 1.41. The molecule has 2 aromatic heterocycles. The number of rotatable bonds is 12. The van der Waals surface area contributed by atoms with Crippen molar-refractivity contribution in [2.24, 2.45) is 0 Å².